The molecule has 1 fully saturated rings. The summed E-state index contributed by atoms with van der Waals surface area (Å²) in [5.41, 5.74) is 1.19. The SMILES string of the molecule is CCC(CC1CC1)NCc1cc(OC)c2c(c1)OCCO2. The van der Waals surface area contributed by atoms with Gasteiger partial charge in [0.15, 0.2) is 11.5 Å². The molecule has 0 saturated heterocycles. The van der Waals surface area contributed by atoms with Gasteiger partial charge in [0.2, 0.25) is 5.75 Å². The lowest BCUT2D eigenvalue weighted by Crippen LogP contribution is -2.28. The summed E-state index contributed by atoms with van der Waals surface area (Å²) >= 11 is 0. The van der Waals surface area contributed by atoms with Gasteiger partial charge >= 0.3 is 0 Å². The molecule has 3 rings (SSSR count). The van der Waals surface area contributed by atoms with E-state index in [9.17, 15) is 0 Å². The van der Waals surface area contributed by atoms with Crippen molar-refractivity contribution in [1.82, 2.24) is 5.32 Å². The normalized spacial score (nSPS) is 18.4. The predicted molar refractivity (Wildman–Crippen MR) is 82.2 cm³/mol. The highest BCUT2D eigenvalue weighted by atomic mass is 16.6. The van der Waals surface area contributed by atoms with Crippen LogP contribution in [0.15, 0.2) is 12.1 Å². The van der Waals surface area contributed by atoms with Crippen LogP contribution in [0.4, 0.5) is 0 Å². The molecule has 21 heavy (non-hydrogen) atoms. The van der Waals surface area contributed by atoms with Crippen LogP contribution < -0.4 is 19.5 Å². The van der Waals surface area contributed by atoms with E-state index in [-0.39, 0.29) is 0 Å². The van der Waals surface area contributed by atoms with Crippen LogP contribution in [-0.4, -0.2) is 26.4 Å². The van der Waals surface area contributed by atoms with Gasteiger partial charge in [-0.1, -0.05) is 19.8 Å². The van der Waals surface area contributed by atoms with Crippen LogP contribution in [0.25, 0.3) is 0 Å². The Bertz CT molecular complexity index is 468. The summed E-state index contributed by atoms with van der Waals surface area (Å²) in [6, 6.07) is 4.72. The Morgan fingerprint density at radius 3 is 2.81 bits per heavy atom. The van der Waals surface area contributed by atoms with Crippen LogP contribution in [-0.2, 0) is 6.54 Å². The first-order valence-electron chi connectivity index (χ1n) is 8.00. The Labute approximate surface area is 126 Å². The van der Waals surface area contributed by atoms with Gasteiger partial charge in [-0.3, -0.25) is 0 Å². The molecule has 0 bridgehead atoms. The van der Waals surface area contributed by atoms with Crippen molar-refractivity contribution >= 4 is 0 Å². The molecule has 2 aliphatic rings. The maximum atomic E-state index is 5.68. The van der Waals surface area contributed by atoms with Crippen LogP contribution in [0, 0.1) is 5.92 Å². The van der Waals surface area contributed by atoms with Crippen molar-refractivity contribution in [3.05, 3.63) is 17.7 Å². The lowest BCUT2D eigenvalue weighted by molar-refractivity contribution is 0.165. The first-order chi connectivity index (χ1) is 10.3. The maximum Gasteiger partial charge on any atom is 0.203 e. The fraction of sp³-hybridized carbons (Fsp3) is 0.647. The van der Waals surface area contributed by atoms with Crippen molar-refractivity contribution in [1.29, 1.82) is 0 Å². The van der Waals surface area contributed by atoms with Gasteiger partial charge in [-0.05, 0) is 36.5 Å². The van der Waals surface area contributed by atoms with E-state index in [1.54, 1.807) is 7.11 Å². The van der Waals surface area contributed by atoms with Crippen molar-refractivity contribution in [3.8, 4) is 17.2 Å². The molecule has 0 aromatic heterocycles. The van der Waals surface area contributed by atoms with Gasteiger partial charge in [0.25, 0.3) is 0 Å². The molecule has 1 heterocycles. The van der Waals surface area contributed by atoms with Crippen LogP contribution in [0.3, 0.4) is 0 Å². The second-order valence-electron chi connectivity index (χ2n) is 5.99. The van der Waals surface area contributed by atoms with E-state index in [2.05, 4.69) is 18.3 Å². The number of fused-ring (bicyclic) bond motifs is 1. The third kappa shape index (κ3) is 3.62. The van der Waals surface area contributed by atoms with Crippen LogP contribution in [0.1, 0.15) is 38.2 Å². The summed E-state index contributed by atoms with van der Waals surface area (Å²) in [5, 5.41) is 3.66. The van der Waals surface area contributed by atoms with E-state index in [1.165, 1.54) is 31.2 Å². The summed E-state index contributed by atoms with van der Waals surface area (Å²) in [7, 11) is 1.67. The lowest BCUT2D eigenvalue weighted by Gasteiger charge is -2.22. The molecule has 0 radical (unpaired) electrons. The summed E-state index contributed by atoms with van der Waals surface area (Å²) in [6.45, 7) is 4.29. The molecule has 1 aliphatic carbocycles. The molecule has 1 atom stereocenters. The van der Waals surface area contributed by atoms with Crippen LogP contribution >= 0.6 is 0 Å². The molecule has 1 unspecified atom stereocenters. The molecule has 0 amide bonds. The number of rotatable bonds is 7. The maximum absolute atomic E-state index is 5.68. The summed E-state index contributed by atoms with van der Waals surface area (Å²) in [4.78, 5) is 0. The highest BCUT2D eigenvalue weighted by Gasteiger charge is 2.24. The monoisotopic (exact) mass is 291 g/mol. The highest BCUT2D eigenvalue weighted by Crippen LogP contribution is 2.40. The smallest absolute Gasteiger partial charge is 0.203 e. The largest absolute Gasteiger partial charge is 0.493 e. The zero-order valence-electron chi connectivity index (χ0n) is 13.0. The third-order valence-corrected chi connectivity index (χ3v) is 4.29. The van der Waals surface area contributed by atoms with Gasteiger partial charge in [-0.25, -0.2) is 0 Å². The molecule has 1 saturated carbocycles. The Morgan fingerprint density at radius 2 is 2.10 bits per heavy atom. The minimum Gasteiger partial charge on any atom is -0.493 e. The molecule has 1 N–H and O–H groups in total. The summed E-state index contributed by atoms with van der Waals surface area (Å²) < 4.78 is 16.7. The number of nitrogens with one attached hydrogen (secondary N) is 1. The molecule has 4 heteroatoms. The van der Waals surface area contributed by atoms with E-state index in [4.69, 9.17) is 14.2 Å². The van der Waals surface area contributed by atoms with E-state index in [1.807, 2.05) is 6.07 Å². The zero-order valence-corrected chi connectivity index (χ0v) is 13.0. The molecule has 1 aliphatic heterocycles. The van der Waals surface area contributed by atoms with E-state index >= 15 is 0 Å². The van der Waals surface area contributed by atoms with Gasteiger partial charge in [-0.2, -0.15) is 0 Å². The van der Waals surface area contributed by atoms with Crippen molar-refractivity contribution in [3.63, 3.8) is 0 Å². The molecule has 116 valence electrons. The van der Waals surface area contributed by atoms with Crippen molar-refractivity contribution in [2.75, 3.05) is 20.3 Å². The Kier molecular flexibility index (Phi) is 4.54. The molecular formula is C17H25NO3. The van der Waals surface area contributed by atoms with Gasteiger partial charge in [0, 0.05) is 12.6 Å². The van der Waals surface area contributed by atoms with Gasteiger partial charge in [0.05, 0.1) is 7.11 Å². The molecule has 1 aromatic rings. The van der Waals surface area contributed by atoms with E-state index in [0.29, 0.717) is 19.3 Å². The van der Waals surface area contributed by atoms with Crippen molar-refractivity contribution in [2.45, 2.75) is 45.2 Å². The first kappa shape index (κ1) is 14.5. The Balaban J connectivity index is 1.66. The predicted octanol–water partition coefficient (Wildman–Crippen LogP) is 3.13. The van der Waals surface area contributed by atoms with Crippen molar-refractivity contribution in [2.24, 2.45) is 5.92 Å². The standard InChI is InChI=1S/C17H25NO3/c1-3-14(8-12-4-5-12)18-11-13-9-15(19-2)17-16(10-13)20-6-7-21-17/h9-10,12,14,18H,3-8,11H2,1-2H3. The quantitative estimate of drug-likeness (QED) is 0.838. The number of benzene rings is 1. The van der Waals surface area contributed by atoms with Gasteiger partial charge < -0.3 is 19.5 Å². The fourth-order valence-electron chi connectivity index (χ4n) is 2.84. The zero-order chi connectivity index (χ0) is 14.7. The molecule has 4 nitrogen and oxygen atoms in total. The fourth-order valence-corrected chi connectivity index (χ4v) is 2.84. The molecule has 1 aromatic carbocycles. The number of hydrogen-bond donors (Lipinski definition) is 1. The molecule has 0 spiro atoms. The van der Waals surface area contributed by atoms with Crippen molar-refractivity contribution < 1.29 is 14.2 Å². The van der Waals surface area contributed by atoms with E-state index < -0.39 is 0 Å². The van der Waals surface area contributed by atoms with Crippen LogP contribution in [0.2, 0.25) is 0 Å². The second kappa shape index (κ2) is 6.56. The number of hydrogen-bond acceptors (Lipinski definition) is 4. The summed E-state index contributed by atoms with van der Waals surface area (Å²) in [6.07, 6.45) is 5.31. The van der Waals surface area contributed by atoms with Gasteiger partial charge in [0.1, 0.15) is 13.2 Å². The number of methoxy groups -OCH3 is 1. The topological polar surface area (TPSA) is 39.7 Å². The molecular weight excluding hydrogens is 266 g/mol. The minimum absolute atomic E-state index is 0.584. The lowest BCUT2D eigenvalue weighted by atomic mass is 10.1. The Morgan fingerprint density at radius 1 is 1.29 bits per heavy atom. The van der Waals surface area contributed by atoms with Gasteiger partial charge in [-0.15, -0.1) is 0 Å². The average Bonchev–Trinajstić information content (AvgIpc) is 3.34. The third-order valence-electron chi connectivity index (χ3n) is 4.29. The number of ether oxygens (including phenoxy) is 3. The van der Waals surface area contributed by atoms with E-state index in [0.717, 1.165) is 29.7 Å². The highest BCUT2D eigenvalue weighted by molar-refractivity contribution is 5.54. The van der Waals surface area contributed by atoms with Crippen LogP contribution in [0.5, 0.6) is 17.2 Å². The second-order valence-corrected chi connectivity index (χ2v) is 5.99. The minimum atomic E-state index is 0.584. The summed E-state index contributed by atoms with van der Waals surface area (Å²) in [5.74, 6) is 3.25. The average molecular weight is 291 g/mol. The first-order valence-corrected chi connectivity index (χ1v) is 8.00. The Hall–Kier alpha value is -1.42.